The molecule has 0 saturated carbocycles. The number of nitrogens with one attached hydrogen (secondary N) is 1. The fourth-order valence-corrected chi connectivity index (χ4v) is 3.70. The van der Waals surface area contributed by atoms with Gasteiger partial charge in [-0.15, -0.1) is 0 Å². The first-order valence-electron chi connectivity index (χ1n) is 8.54. The summed E-state index contributed by atoms with van der Waals surface area (Å²) in [4.78, 5) is 31.6. The first-order chi connectivity index (χ1) is 13.2. The monoisotopic (exact) mass is 389 g/mol. The van der Waals surface area contributed by atoms with Crippen molar-refractivity contribution in [3.05, 3.63) is 22.6 Å². The zero-order valence-electron chi connectivity index (χ0n) is 15.1. The SMILES string of the molecule is CC(=O)OC1C(CO)OC(n2cc3c(N)cc(=O)nc4c3c2N=CN4)C1(C)O. The number of carbonyl (C=O) groups excluding carboxylic acids is 1. The summed E-state index contributed by atoms with van der Waals surface area (Å²) in [6.45, 7) is 2.19. The van der Waals surface area contributed by atoms with Crippen molar-refractivity contribution >= 4 is 40.4 Å². The molecule has 11 heteroatoms. The lowest BCUT2D eigenvalue weighted by atomic mass is 9.96. The molecular formula is C17H19N5O6. The standard InChI is InChI=1S/C17H19N5O6/c1-7(24)27-13-10(5-23)28-16(17(13,2)26)22-4-8-9(18)3-11(25)21-14-12(8)15(22)20-6-19-14/h3-4,6,10,13,16,23,26H,5,18H2,1-2H3,(H,19,20,21,25). The second-order valence-electron chi connectivity index (χ2n) is 6.91. The second kappa shape index (κ2) is 6.26. The molecule has 0 bridgehead atoms. The van der Waals surface area contributed by atoms with Gasteiger partial charge in [-0.3, -0.25) is 9.59 Å². The number of rotatable bonds is 3. The predicted octanol–water partition coefficient (Wildman–Crippen LogP) is -0.364. The molecule has 11 nitrogen and oxygen atoms in total. The van der Waals surface area contributed by atoms with Crippen LogP contribution in [0.5, 0.6) is 0 Å². The van der Waals surface area contributed by atoms with Gasteiger partial charge in [0.2, 0.25) is 0 Å². The molecule has 4 atom stereocenters. The Balaban J connectivity index is 1.91. The van der Waals surface area contributed by atoms with Crippen LogP contribution in [-0.4, -0.2) is 56.5 Å². The van der Waals surface area contributed by atoms with E-state index in [2.05, 4.69) is 15.3 Å². The van der Waals surface area contributed by atoms with E-state index in [0.717, 1.165) is 0 Å². The minimum Gasteiger partial charge on any atom is -0.456 e. The summed E-state index contributed by atoms with van der Waals surface area (Å²) in [5.74, 6) is 0.0113. The third-order valence-electron chi connectivity index (χ3n) is 4.89. The van der Waals surface area contributed by atoms with E-state index >= 15 is 0 Å². The van der Waals surface area contributed by atoms with Crippen LogP contribution in [0.4, 0.5) is 17.3 Å². The summed E-state index contributed by atoms with van der Waals surface area (Å²) in [6.07, 6.45) is -0.142. The lowest BCUT2D eigenvalue weighted by molar-refractivity contribution is -0.161. The number of carbonyl (C=O) groups is 1. The Hall–Kier alpha value is -3.02. The van der Waals surface area contributed by atoms with E-state index in [1.54, 1.807) is 6.20 Å². The highest BCUT2D eigenvalue weighted by Crippen LogP contribution is 2.46. The van der Waals surface area contributed by atoms with Gasteiger partial charge in [0.15, 0.2) is 12.3 Å². The number of hydrogen-bond acceptors (Lipinski definition) is 10. The Morgan fingerprint density at radius 3 is 2.96 bits per heavy atom. The number of nitrogens with zero attached hydrogens (tertiary/aromatic N) is 3. The Bertz CT molecular complexity index is 1060. The van der Waals surface area contributed by atoms with Crippen molar-refractivity contribution in [3.63, 3.8) is 0 Å². The van der Waals surface area contributed by atoms with E-state index < -0.39 is 42.2 Å². The molecule has 4 rings (SSSR count). The van der Waals surface area contributed by atoms with Crippen LogP contribution in [0.2, 0.25) is 0 Å². The van der Waals surface area contributed by atoms with Crippen LogP contribution in [0.25, 0.3) is 10.8 Å². The Kier molecular flexibility index (Phi) is 4.10. The number of hydrogen-bond donors (Lipinski definition) is 4. The lowest BCUT2D eigenvalue weighted by Gasteiger charge is -2.30. The van der Waals surface area contributed by atoms with Crippen molar-refractivity contribution in [1.82, 2.24) is 9.55 Å². The first kappa shape index (κ1) is 18.3. The number of nitrogens with two attached hydrogens (primary N) is 1. The number of esters is 1. The van der Waals surface area contributed by atoms with Gasteiger partial charge in [0.1, 0.15) is 23.3 Å². The van der Waals surface area contributed by atoms with Crippen LogP contribution in [-0.2, 0) is 14.3 Å². The molecular weight excluding hydrogens is 370 g/mol. The van der Waals surface area contributed by atoms with E-state index in [1.165, 1.54) is 30.8 Å². The van der Waals surface area contributed by atoms with Crippen molar-refractivity contribution in [3.8, 4) is 0 Å². The van der Waals surface area contributed by atoms with E-state index in [9.17, 15) is 19.8 Å². The molecule has 5 N–H and O–H groups in total. The van der Waals surface area contributed by atoms with Crippen LogP contribution in [0.15, 0.2) is 22.1 Å². The Labute approximate surface area is 158 Å². The summed E-state index contributed by atoms with van der Waals surface area (Å²) >= 11 is 0. The molecule has 148 valence electrons. The molecule has 0 aromatic carbocycles. The number of aliphatic hydroxyl groups excluding tert-OH is 1. The van der Waals surface area contributed by atoms with Gasteiger partial charge in [-0.1, -0.05) is 0 Å². The van der Waals surface area contributed by atoms with Crippen LogP contribution in [0.3, 0.4) is 0 Å². The summed E-state index contributed by atoms with van der Waals surface area (Å²) < 4.78 is 12.5. The number of aromatic nitrogens is 2. The molecule has 0 aliphatic carbocycles. The van der Waals surface area contributed by atoms with Crippen molar-refractivity contribution < 1.29 is 24.5 Å². The lowest BCUT2D eigenvalue weighted by Crippen LogP contribution is -2.46. The fraction of sp³-hybridized carbons (Fsp3) is 0.412. The molecule has 2 aromatic heterocycles. The molecule has 2 aromatic rings. The van der Waals surface area contributed by atoms with Gasteiger partial charge in [-0.25, -0.2) is 4.99 Å². The quantitative estimate of drug-likeness (QED) is 0.513. The van der Waals surface area contributed by atoms with Crippen LogP contribution in [0, 0.1) is 0 Å². The van der Waals surface area contributed by atoms with Crippen molar-refractivity contribution in [1.29, 1.82) is 0 Å². The fourth-order valence-electron chi connectivity index (χ4n) is 3.70. The minimum absolute atomic E-state index is 0.186. The zero-order chi connectivity index (χ0) is 20.2. The molecule has 28 heavy (non-hydrogen) atoms. The third-order valence-corrected chi connectivity index (χ3v) is 4.89. The molecule has 4 unspecified atom stereocenters. The molecule has 0 spiro atoms. The second-order valence-corrected chi connectivity index (χ2v) is 6.91. The average molecular weight is 389 g/mol. The molecule has 0 amide bonds. The van der Waals surface area contributed by atoms with Crippen LogP contribution < -0.4 is 16.6 Å². The maximum absolute atomic E-state index is 11.9. The zero-order valence-corrected chi connectivity index (χ0v) is 15.1. The van der Waals surface area contributed by atoms with E-state index in [1.807, 2.05) is 0 Å². The molecule has 0 radical (unpaired) electrons. The molecule has 2 aliphatic heterocycles. The maximum Gasteiger partial charge on any atom is 0.303 e. The normalized spacial score (nSPS) is 28.4. The van der Waals surface area contributed by atoms with E-state index in [0.29, 0.717) is 16.6 Å². The third kappa shape index (κ3) is 2.63. The topological polar surface area (TPSA) is 161 Å². The highest BCUT2D eigenvalue weighted by atomic mass is 16.6. The summed E-state index contributed by atoms with van der Waals surface area (Å²) in [6, 6.07) is 1.19. The molecule has 2 aliphatic rings. The number of ether oxygens (including phenoxy) is 2. The number of anilines is 2. The number of aliphatic imine (C=N–C) groups is 1. The van der Waals surface area contributed by atoms with Crippen molar-refractivity contribution in [2.45, 2.75) is 37.9 Å². The summed E-state index contributed by atoms with van der Waals surface area (Å²) in [5, 5.41) is 24.5. The Morgan fingerprint density at radius 1 is 1.54 bits per heavy atom. The smallest absolute Gasteiger partial charge is 0.303 e. The number of nitrogen functional groups attached to an aromatic ring is 1. The number of aliphatic hydroxyl groups is 2. The van der Waals surface area contributed by atoms with E-state index in [4.69, 9.17) is 15.2 Å². The minimum atomic E-state index is -1.68. The van der Waals surface area contributed by atoms with Gasteiger partial charge in [0.05, 0.1) is 18.3 Å². The highest BCUT2D eigenvalue weighted by Gasteiger charge is 2.56. The predicted molar refractivity (Wildman–Crippen MR) is 99.4 cm³/mol. The molecule has 1 saturated heterocycles. The first-order valence-corrected chi connectivity index (χ1v) is 8.54. The largest absolute Gasteiger partial charge is 0.456 e. The van der Waals surface area contributed by atoms with Crippen LogP contribution in [0.1, 0.15) is 20.1 Å². The van der Waals surface area contributed by atoms with Gasteiger partial charge in [-0.2, -0.15) is 4.98 Å². The van der Waals surface area contributed by atoms with Crippen molar-refractivity contribution in [2.75, 3.05) is 17.7 Å². The van der Waals surface area contributed by atoms with E-state index in [-0.39, 0.29) is 11.5 Å². The highest BCUT2D eigenvalue weighted by molar-refractivity contribution is 6.10. The van der Waals surface area contributed by atoms with Gasteiger partial charge in [0, 0.05) is 30.3 Å². The average Bonchev–Trinajstić information content (AvgIpc) is 3.07. The Morgan fingerprint density at radius 2 is 2.29 bits per heavy atom. The molecule has 1 fully saturated rings. The van der Waals surface area contributed by atoms with Gasteiger partial charge >= 0.3 is 5.97 Å². The van der Waals surface area contributed by atoms with Gasteiger partial charge in [-0.05, 0) is 6.92 Å². The summed E-state index contributed by atoms with van der Waals surface area (Å²) in [7, 11) is 0. The maximum atomic E-state index is 11.9. The molecule has 4 heterocycles. The van der Waals surface area contributed by atoms with Crippen LogP contribution >= 0.6 is 0 Å². The van der Waals surface area contributed by atoms with Gasteiger partial charge in [0.25, 0.3) is 5.56 Å². The summed E-state index contributed by atoms with van der Waals surface area (Å²) in [5.41, 5.74) is 4.03. The van der Waals surface area contributed by atoms with Crippen molar-refractivity contribution in [2.24, 2.45) is 4.99 Å². The van der Waals surface area contributed by atoms with Gasteiger partial charge < -0.3 is 35.3 Å².